The Morgan fingerprint density at radius 1 is 1.12 bits per heavy atom. The van der Waals surface area contributed by atoms with E-state index in [-0.39, 0.29) is 12.0 Å². The summed E-state index contributed by atoms with van der Waals surface area (Å²) in [5.74, 6) is 1.33. The first-order valence-corrected chi connectivity index (χ1v) is 8.04. The summed E-state index contributed by atoms with van der Waals surface area (Å²) in [5.41, 5.74) is 1.30. The van der Waals surface area contributed by atoms with Crippen molar-refractivity contribution in [2.45, 2.75) is 18.9 Å². The summed E-state index contributed by atoms with van der Waals surface area (Å²) in [4.78, 5) is 12.2. The number of nitrogens with one attached hydrogen (secondary N) is 1. The van der Waals surface area contributed by atoms with Crippen molar-refractivity contribution in [3.63, 3.8) is 0 Å². The molecule has 5 heteroatoms. The van der Waals surface area contributed by atoms with Crippen LogP contribution in [0.15, 0.2) is 48.5 Å². The zero-order chi connectivity index (χ0) is 16.8. The Bertz CT molecular complexity index is 661. The third-order valence-corrected chi connectivity index (χ3v) is 3.92. The lowest BCUT2D eigenvalue weighted by Gasteiger charge is -2.12. The SMILES string of the molecule is COc1ccc(C(=O)Nc2ccc(OC[C@H]3CCCO3)cc2)cc1. The summed E-state index contributed by atoms with van der Waals surface area (Å²) in [6.07, 6.45) is 2.35. The molecule has 2 aromatic carbocycles. The first-order valence-electron chi connectivity index (χ1n) is 8.04. The van der Waals surface area contributed by atoms with Gasteiger partial charge in [0.25, 0.3) is 5.91 Å². The van der Waals surface area contributed by atoms with Crippen molar-refractivity contribution in [2.24, 2.45) is 0 Å². The smallest absolute Gasteiger partial charge is 0.255 e. The van der Waals surface area contributed by atoms with Gasteiger partial charge in [0, 0.05) is 17.9 Å². The molecule has 1 saturated heterocycles. The Kier molecular flexibility index (Phi) is 5.33. The van der Waals surface area contributed by atoms with Crippen molar-refractivity contribution < 1.29 is 19.0 Å². The molecule has 3 rings (SSSR count). The molecule has 24 heavy (non-hydrogen) atoms. The molecular weight excluding hydrogens is 306 g/mol. The van der Waals surface area contributed by atoms with E-state index in [0.717, 1.165) is 36.6 Å². The monoisotopic (exact) mass is 327 g/mol. The number of hydrogen-bond acceptors (Lipinski definition) is 4. The lowest BCUT2D eigenvalue weighted by Crippen LogP contribution is -2.16. The van der Waals surface area contributed by atoms with Gasteiger partial charge in [-0.1, -0.05) is 0 Å². The van der Waals surface area contributed by atoms with Crippen LogP contribution in [0.25, 0.3) is 0 Å². The van der Waals surface area contributed by atoms with Crippen molar-refractivity contribution in [1.82, 2.24) is 0 Å². The van der Waals surface area contributed by atoms with E-state index in [1.807, 2.05) is 24.3 Å². The maximum absolute atomic E-state index is 12.2. The van der Waals surface area contributed by atoms with Gasteiger partial charge in [-0.3, -0.25) is 4.79 Å². The predicted octanol–water partition coefficient (Wildman–Crippen LogP) is 3.51. The van der Waals surface area contributed by atoms with Gasteiger partial charge in [-0.2, -0.15) is 0 Å². The molecule has 1 amide bonds. The van der Waals surface area contributed by atoms with Crippen LogP contribution in [0.2, 0.25) is 0 Å². The lowest BCUT2D eigenvalue weighted by atomic mass is 10.2. The molecule has 1 aliphatic heterocycles. The molecule has 0 spiro atoms. The minimum atomic E-state index is -0.161. The van der Waals surface area contributed by atoms with Crippen molar-refractivity contribution in [3.05, 3.63) is 54.1 Å². The Morgan fingerprint density at radius 2 is 1.83 bits per heavy atom. The van der Waals surface area contributed by atoms with Crippen LogP contribution in [-0.2, 0) is 4.74 Å². The number of carbonyl (C=O) groups is 1. The van der Waals surface area contributed by atoms with Crippen LogP contribution in [0.5, 0.6) is 11.5 Å². The van der Waals surface area contributed by atoms with Gasteiger partial charge in [0.15, 0.2) is 0 Å². The Hall–Kier alpha value is -2.53. The van der Waals surface area contributed by atoms with Gasteiger partial charge < -0.3 is 19.5 Å². The molecule has 0 saturated carbocycles. The zero-order valence-corrected chi connectivity index (χ0v) is 13.7. The molecule has 1 N–H and O–H groups in total. The number of amides is 1. The second kappa shape index (κ2) is 7.84. The quantitative estimate of drug-likeness (QED) is 0.882. The molecule has 126 valence electrons. The molecule has 5 nitrogen and oxygen atoms in total. The predicted molar refractivity (Wildman–Crippen MR) is 91.9 cm³/mol. The van der Waals surface area contributed by atoms with Crippen molar-refractivity contribution >= 4 is 11.6 Å². The molecule has 2 aromatic rings. The van der Waals surface area contributed by atoms with E-state index in [2.05, 4.69) is 5.32 Å². The molecule has 0 aliphatic carbocycles. The van der Waals surface area contributed by atoms with E-state index >= 15 is 0 Å². The highest BCUT2D eigenvalue weighted by molar-refractivity contribution is 6.04. The number of methoxy groups -OCH3 is 1. The van der Waals surface area contributed by atoms with Gasteiger partial charge in [-0.25, -0.2) is 0 Å². The maximum Gasteiger partial charge on any atom is 0.255 e. The van der Waals surface area contributed by atoms with Gasteiger partial charge in [0.2, 0.25) is 0 Å². The molecular formula is C19H21NO4. The summed E-state index contributed by atoms with van der Waals surface area (Å²) < 4.78 is 16.3. The molecule has 0 radical (unpaired) electrons. The average Bonchev–Trinajstić information content (AvgIpc) is 3.15. The van der Waals surface area contributed by atoms with E-state index < -0.39 is 0 Å². The van der Waals surface area contributed by atoms with Crippen LogP contribution in [-0.4, -0.2) is 32.3 Å². The molecule has 0 bridgehead atoms. The van der Waals surface area contributed by atoms with Gasteiger partial charge in [-0.05, 0) is 61.4 Å². The highest BCUT2D eigenvalue weighted by Crippen LogP contribution is 2.19. The van der Waals surface area contributed by atoms with Crippen LogP contribution < -0.4 is 14.8 Å². The highest BCUT2D eigenvalue weighted by Gasteiger charge is 2.15. The molecule has 1 heterocycles. The third kappa shape index (κ3) is 4.26. The fourth-order valence-corrected chi connectivity index (χ4v) is 2.55. The number of anilines is 1. The molecule has 1 aliphatic rings. The first kappa shape index (κ1) is 16.3. The summed E-state index contributed by atoms with van der Waals surface area (Å²) in [6, 6.07) is 14.3. The third-order valence-electron chi connectivity index (χ3n) is 3.92. The van der Waals surface area contributed by atoms with Crippen LogP contribution >= 0.6 is 0 Å². The Balaban J connectivity index is 1.53. The molecule has 0 unspecified atom stereocenters. The largest absolute Gasteiger partial charge is 0.497 e. The standard InChI is InChI=1S/C19H21NO4/c1-22-16-8-4-14(5-9-16)19(21)20-15-6-10-17(11-7-15)24-13-18-3-2-12-23-18/h4-11,18H,2-3,12-13H2,1H3,(H,20,21)/t18-/m1/s1. The highest BCUT2D eigenvalue weighted by atomic mass is 16.5. The van der Waals surface area contributed by atoms with Gasteiger partial charge in [-0.15, -0.1) is 0 Å². The van der Waals surface area contributed by atoms with Crippen molar-refractivity contribution in [3.8, 4) is 11.5 Å². The molecule has 1 atom stereocenters. The summed E-state index contributed by atoms with van der Waals surface area (Å²) in [7, 11) is 1.59. The fourth-order valence-electron chi connectivity index (χ4n) is 2.55. The number of carbonyl (C=O) groups excluding carboxylic acids is 1. The fraction of sp³-hybridized carbons (Fsp3) is 0.316. The topological polar surface area (TPSA) is 56.8 Å². The van der Waals surface area contributed by atoms with Crippen LogP contribution in [0, 0.1) is 0 Å². The van der Waals surface area contributed by atoms with E-state index in [9.17, 15) is 4.79 Å². The number of benzene rings is 2. The van der Waals surface area contributed by atoms with E-state index in [0.29, 0.717) is 12.2 Å². The number of hydrogen-bond donors (Lipinski definition) is 1. The minimum Gasteiger partial charge on any atom is -0.497 e. The average molecular weight is 327 g/mol. The van der Waals surface area contributed by atoms with Gasteiger partial charge in [0.05, 0.1) is 13.2 Å². The van der Waals surface area contributed by atoms with Crippen LogP contribution in [0.3, 0.4) is 0 Å². The summed E-state index contributed by atoms with van der Waals surface area (Å²) in [6.45, 7) is 1.39. The summed E-state index contributed by atoms with van der Waals surface area (Å²) >= 11 is 0. The van der Waals surface area contributed by atoms with Crippen molar-refractivity contribution in [2.75, 3.05) is 25.6 Å². The summed E-state index contributed by atoms with van der Waals surface area (Å²) in [5, 5.41) is 2.86. The van der Waals surface area contributed by atoms with Gasteiger partial charge in [0.1, 0.15) is 18.1 Å². The zero-order valence-electron chi connectivity index (χ0n) is 13.7. The van der Waals surface area contributed by atoms with Crippen LogP contribution in [0.4, 0.5) is 5.69 Å². The molecule has 0 aromatic heterocycles. The Labute approximate surface area is 141 Å². The Morgan fingerprint density at radius 3 is 2.46 bits per heavy atom. The van der Waals surface area contributed by atoms with E-state index in [1.165, 1.54) is 0 Å². The number of ether oxygens (including phenoxy) is 3. The second-order valence-electron chi connectivity index (χ2n) is 5.65. The number of rotatable bonds is 6. The van der Waals surface area contributed by atoms with Crippen LogP contribution in [0.1, 0.15) is 23.2 Å². The van der Waals surface area contributed by atoms with Gasteiger partial charge >= 0.3 is 0 Å². The lowest BCUT2D eigenvalue weighted by molar-refractivity contribution is 0.0679. The second-order valence-corrected chi connectivity index (χ2v) is 5.65. The minimum absolute atomic E-state index is 0.161. The van der Waals surface area contributed by atoms with E-state index in [1.54, 1.807) is 31.4 Å². The van der Waals surface area contributed by atoms with Crippen molar-refractivity contribution in [1.29, 1.82) is 0 Å². The maximum atomic E-state index is 12.2. The molecule has 1 fully saturated rings. The first-order chi connectivity index (χ1) is 11.7. The normalized spacial score (nSPS) is 16.6. The van der Waals surface area contributed by atoms with E-state index in [4.69, 9.17) is 14.2 Å².